The molecule has 0 radical (unpaired) electrons. The van der Waals surface area contributed by atoms with Crippen LogP contribution in [0, 0.1) is 5.41 Å². The summed E-state index contributed by atoms with van der Waals surface area (Å²) in [6.45, 7) is 8.64. The van der Waals surface area contributed by atoms with Crippen molar-refractivity contribution >= 4 is 17.2 Å². The fourth-order valence-corrected chi connectivity index (χ4v) is 2.34. The van der Waals surface area contributed by atoms with Gasteiger partial charge in [0.1, 0.15) is 0 Å². The monoisotopic (exact) mass is 293 g/mol. The van der Waals surface area contributed by atoms with E-state index in [4.69, 9.17) is 0 Å². The molecule has 2 aromatic rings. The number of anilines is 1. The summed E-state index contributed by atoms with van der Waals surface area (Å²) >= 11 is 0. The van der Waals surface area contributed by atoms with Crippen molar-refractivity contribution in [3.63, 3.8) is 0 Å². The third-order valence-electron chi connectivity index (χ3n) is 3.28. The Balaban J connectivity index is 2.12. The van der Waals surface area contributed by atoms with Gasteiger partial charge >= 0.3 is 0 Å². The SMILES string of the molecule is C/C(=C\C(C)(C)C)c1ccc(C(=O)Nc2ccccc2)cc1. The van der Waals surface area contributed by atoms with Crippen LogP contribution in [0.4, 0.5) is 5.69 Å². The zero-order valence-corrected chi connectivity index (χ0v) is 13.7. The predicted octanol–water partition coefficient (Wildman–Crippen LogP) is 5.39. The van der Waals surface area contributed by atoms with Gasteiger partial charge in [0.15, 0.2) is 0 Å². The summed E-state index contributed by atoms with van der Waals surface area (Å²) in [6, 6.07) is 17.2. The predicted molar refractivity (Wildman–Crippen MR) is 93.9 cm³/mol. The van der Waals surface area contributed by atoms with E-state index in [1.165, 1.54) is 5.57 Å². The molecular weight excluding hydrogens is 270 g/mol. The molecule has 0 saturated heterocycles. The molecule has 22 heavy (non-hydrogen) atoms. The zero-order valence-electron chi connectivity index (χ0n) is 13.7. The zero-order chi connectivity index (χ0) is 16.2. The minimum atomic E-state index is -0.0878. The molecule has 0 saturated carbocycles. The van der Waals surface area contributed by atoms with Crippen LogP contribution < -0.4 is 5.32 Å². The van der Waals surface area contributed by atoms with Gasteiger partial charge < -0.3 is 5.32 Å². The van der Waals surface area contributed by atoms with Gasteiger partial charge in [-0.05, 0) is 47.7 Å². The Morgan fingerprint density at radius 3 is 2.00 bits per heavy atom. The van der Waals surface area contributed by atoms with Crippen LogP contribution in [0.3, 0.4) is 0 Å². The van der Waals surface area contributed by atoms with Crippen LogP contribution in [0.2, 0.25) is 0 Å². The lowest BCUT2D eigenvalue weighted by atomic mass is 9.91. The molecular formula is C20H23NO. The Hall–Kier alpha value is -2.35. The first kappa shape index (κ1) is 16.0. The van der Waals surface area contributed by atoms with E-state index in [2.05, 4.69) is 39.1 Å². The summed E-state index contributed by atoms with van der Waals surface area (Å²) in [6.07, 6.45) is 2.24. The number of allylic oxidation sites excluding steroid dienone is 2. The fourth-order valence-electron chi connectivity index (χ4n) is 2.34. The number of para-hydroxylation sites is 1. The number of carbonyl (C=O) groups is 1. The largest absolute Gasteiger partial charge is 0.322 e. The van der Waals surface area contributed by atoms with Crippen LogP contribution in [-0.4, -0.2) is 5.91 Å². The average molecular weight is 293 g/mol. The molecule has 2 rings (SSSR count). The van der Waals surface area contributed by atoms with Crippen molar-refractivity contribution in [2.45, 2.75) is 27.7 Å². The van der Waals surface area contributed by atoms with Crippen molar-refractivity contribution in [2.75, 3.05) is 5.32 Å². The number of nitrogens with one attached hydrogen (secondary N) is 1. The second-order valence-electron chi connectivity index (χ2n) is 6.59. The van der Waals surface area contributed by atoms with E-state index in [-0.39, 0.29) is 11.3 Å². The normalized spacial score (nSPS) is 12.1. The second kappa shape index (κ2) is 6.61. The lowest BCUT2D eigenvalue weighted by Crippen LogP contribution is -2.11. The Labute approximate surface area is 132 Å². The highest BCUT2D eigenvalue weighted by atomic mass is 16.1. The third kappa shape index (κ3) is 4.59. The van der Waals surface area contributed by atoms with Crippen molar-refractivity contribution in [1.29, 1.82) is 0 Å². The topological polar surface area (TPSA) is 29.1 Å². The van der Waals surface area contributed by atoms with E-state index in [0.29, 0.717) is 5.56 Å². The molecule has 1 N–H and O–H groups in total. The van der Waals surface area contributed by atoms with Gasteiger partial charge in [-0.2, -0.15) is 0 Å². The first-order chi connectivity index (χ1) is 10.3. The van der Waals surface area contributed by atoms with Crippen molar-refractivity contribution in [1.82, 2.24) is 0 Å². The molecule has 114 valence electrons. The summed E-state index contributed by atoms with van der Waals surface area (Å²) in [4.78, 5) is 12.2. The number of benzene rings is 2. The maximum Gasteiger partial charge on any atom is 0.255 e. The van der Waals surface area contributed by atoms with Crippen LogP contribution in [-0.2, 0) is 0 Å². The Morgan fingerprint density at radius 1 is 0.909 bits per heavy atom. The summed E-state index contributed by atoms with van der Waals surface area (Å²) in [5.74, 6) is -0.0878. The van der Waals surface area contributed by atoms with Crippen LogP contribution in [0.1, 0.15) is 43.6 Å². The highest BCUT2D eigenvalue weighted by Gasteiger charge is 2.09. The number of hydrogen-bond donors (Lipinski definition) is 1. The lowest BCUT2D eigenvalue weighted by Gasteiger charge is -2.14. The molecule has 1 amide bonds. The number of carbonyl (C=O) groups excluding carboxylic acids is 1. The molecule has 0 heterocycles. The van der Waals surface area contributed by atoms with Crippen molar-refractivity contribution in [3.05, 3.63) is 71.8 Å². The Kier molecular flexibility index (Phi) is 4.81. The quantitative estimate of drug-likeness (QED) is 0.807. The van der Waals surface area contributed by atoms with Gasteiger partial charge in [0.05, 0.1) is 0 Å². The molecule has 2 nitrogen and oxygen atoms in total. The molecule has 0 fully saturated rings. The Morgan fingerprint density at radius 2 is 1.45 bits per heavy atom. The van der Waals surface area contributed by atoms with Crippen LogP contribution in [0.15, 0.2) is 60.7 Å². The van der Waals surface area contributed by atoms with Gasteiger partial charge in [0, 0.05) is 11.3 Å². The lowest BCUT2D eigenvalue weighted by molar-refractivity contribution is 0.102. The molecule has 0 aliphatic carbocycles. The summed E-state index contributed by atoms with van der Waals surface area (Å²) in [5.41, 5.74) is 3.98. The first-order valence-electron chi connectivity index (χ1n) is 7.51. The highest BCUT2D eigenvalue weighted by molar-refractivity contribution is 6.04. The van der Waals surface area contributed by atoms with E-state index in [1.807, 2.05) is 54.6 Å². The van der Waals surface area contributed by atoms with E-state index in [0.717, 1.165) is 11.3 Å². The van der Waals surface area contributed by atoms with E-state index in [1.54, 1.807) is 0 Å². The van der Waals surface area contributed by atoms with Gasteiger partial charge in [0.25, 0.3) is 5.91 Å². The minimum Gasteiger partial charge on any atom is -0.322 e. The standard InChI is InChI=1S/C20H23NO/c1-15(14-20(2,3)4)16-10-12-17(13-11-16)19(22)21-18-8-6-5-7-9-18/h5-14H,1-4H3,(H,21,22)/b15-14+. The van der Waals surface area contributed by atoms with Crippen LogP contribution in [0.25, 0.3) is 5.57 Å². The van der Waals surface area contributed by atoms with Gasteiger partial charge in [-0.1, -0.05) is 57.2 Å². The van der Waals surface area contributed by atoms with Crippen molar-refractivity contribution in [2.24, 2.45) is 5.41 Å². The molecule has 0 atom stereocenters. The first-order valence-corrected chi connectivity index (χ1v) is 7.51. The van der Waals surface area contributed by atoms with Gasteiger partial charge in [-0.25, -0.2) is 0 Å². The summed E-state index contributed by atoms with van der Waals surface area (Å²) < 4.78 is 0. The second-order valence-corrected chi connectivity index (χ2v) is 6.59. The highest BCUT2D eigenvalue weighted by Crippen LogP contribution is 2.23. The van der Waals surface area contributed by atoms with Gasteiger partial charge in [-0.15, -0.1) is 0 Å². The van der Waals surface area contributed by atoms with Crippen LogP contribution in [0.5, 0.6) is 0 Å². The van der Waals surface area contributed by atoms with Gasteiger partial charge in [-0.3, -0.25) is 4.79 Å². The maximum absolute atomic E-state index is 12.2. The summed E-state index contributed by atoms with van der Waals surface area (Å²) in [7, 11) is 0. The maximum atomic E-state index is 12.2. The molecule has 2 heteroatoms. The molecule has 0 unspecified atom stereocenters. The smallest absolute Gasteiger partial charge is 0.255 e. The van der Waals surface area contributed by atoms with Crippen molar-refractivity contribution < 1.29 is 4.79 Å². The molecule has 2 aromatic carbocycles. The number of hydrogen-bond acceptors (Lipinski definition) is 1. The fraction of sp³-hybridized carbons (Fsp3) is 0.250. The molecule has 0 bridgehead atoms. The molecule has 0 aliphatic heterocycles. The minimum absolute atomic E-state index is 0.0878. The van der Waals surface area contributed by atoms with Gasteiger partial charge in [0.2, 0.25) is 0 Å². The number of amides is 1. The summed E-state index contributed by atoms with van der Waals surface area (Å²) in [5, 5.41) is 2.89. The molecule has 0 aliphatic rings. The third-order valence-corrected chi connectivity index (χ3v) is 3.28. The Bertz CT molecular complexity index is 661. The average Bonchev–Trinajstić information content (AvgIpc) is 2.46. The molecule has 0 aromatic heterocycles. The van der Waals surface area contributed by atoms with Crippen molar-refractivity contribution in [3.8, 4) is 0 Å². The van der Waals surface area contributed by atoms with Crippen LogP contribution >= 0.6 is 0 Å². The van der Waals surface area contributed by atoms with E-state index >= 15 is 0 Å². The number of rotatable bonds is 3. The van der Waals surface area contributed by atoms with E-state index in [9.17, 15) is 4.79 Å². The van der Waals surface area contributed by atoms with E-state index < -0.39 is 0 Å². The molecule has 0 spiro atoms.